The minimum atomic E-state index is -0.933. The van der Waals surface area contributed by atoms with E-state index in [1.165, 1.54) is 7.11 Å². The molecule has 74 valence electrons. The fraction of sp³-hybridized carbons (Fsp3) is 0.857. The molecule has 0 aromatic rings. The van der Waals surface area contributed by atoms with Crippen LogP contribution in [0.15, 0.2) is 0 Å². The second kappa shape index (κ2) is 13.4. The van der Waals surface area contributed by atoms with Gasteiger partial charge in [0.15, 0.2) is 0 Å². The molecule has 5 heteroatoms. The molecule has 0 fully saturated rings. The van der Waals surface area contributed by atoms with Crippen LogP contribution in [0.3, 0.4) is 0 Å². The first kappa shape index (κ1) is 14.3. The molecule has 0 amide bonds. The first-order valence-corrected chi connectivity index (χ1v) is 4.49. The summed E-state index contributed by atoms with van der Waals surface area (Å²) in [6, 6.07) is 0. The van der Waals surface area contributed by atoms with Gasteiger partial charge in [-0.15, -0.1) is 9.24 Å². The molecule has 0 saturated heterocycles. The second-order valence-corrected chi connectivity index (χ2v) is 2.39. The molecule has 0 aliphatic heterocycles. The van der Waals surface area contributed by atoms with Gasteiger partial charge >= 0.3 is 5.97 Å². The predicted molar refractivity (Wildman–Crippen MR) is 50.6 cm³/mol. The average Bonchev–Trinajstić information content (AvgIpc) is 2.02. The van der Waals surface area contributed by atoms with Crippen molar-refractivity contribution in [2.45, 2.75) is 6.92 Å². The summed E-state index contributed by atoms with van der Waals surface area (Å²) < 4.78 is 9.17. The summed E-state index contributed by atoms with van der Waals surface area (Å²) in [4.78, 5) is 9.47. The molecule has 1 unspecified atom stereocenters. The van der Waals surface area contributed by atoms with E-state index in [2.05, 4.69) is 14.0 Å². The van der Waals surface area contributed by atoms with Gasteiger partial charge in [-0.1, -0.05) is 0 Å². The molecule has 0 heterocycles. The summed E-state index contributed by atoms with van der Waals surface area (Å²) in [7, 11) is 3.95. The summed E-state index contributed by atoms with van der Waals surface area (Å²) >= 11 is 0. The van der Waals surface area contributed by atoms with E-state index in [0.29, 0.717) is 0 Å². The number of carbonyl (C=O) groups is 1. The zero-order valence-electron chi connectivity index (χ0n) is 7.58. The molecule has 0 radical (unpaired) electrons. The smallest absolute Gasteiger partial charge is 0.329 e. The fourth-order valence-corrected chi connectivity index (χ4v) is 0.518. The molecule has 0 aromatic carbocycles. The fourth-order valence-electron chi connectivity index (χ4n) is 0.351. The van der Waals surface area contributed by atoms with E-state index in [1.54, 1.807) is 0 Å². The Kier molecular flexibility index (Phi) is 16.0. The van der Waals surface area contributed by atoms with E-state index in [1.807, 2.05) is 6.92 Å². The van der Waals surface area contributed by atoms with Crippen molar-refractivity contribution in [1.82, 2.24) is 0 Å². The van der Waals surface area contributed by atoms with Crippen LogP contribution in [0.5, 0.6) is 0 Å². The largest absolute Gasteiger partial charge is 0.480 e. The minimum absolute atomic E-state index is 0.208. The maximum atomic E-state index is 9.47. The Hall–Kier alpha value is -0.180. The highest BCUT2D eigenvalue weighted by atomic mass is 31.0. The molecule has 0 rings (SSSR count). The molecule has 0 saturated carbocycles. The average molecular weight is 196 g/mol. The SMILES string of the molecule is CCOCCP.COCC(=O)O. The Morgan fingerprint density at radius 1 is 1.58 bits per heavy atom. The monoisotopic (exact) mass is 196 g/mol. The van der Waals surface area contributed by atoms with Gasteiger partial charge in [0.2, 0.25) is 0 Å². The lowest BCUT2D eigenvalue weighted by Gasteiger charge is -1.91. The number of aliphatic carboxylic acids is 1. The van der Waals surface area contributed by atoms with Crippen molar-refractivity contribution in [3.63, 3.8) is 0 Å². The molecule has 0 aliphatic rings. The standard InChI is InChI=1S/C4H11OP.C3H6O3/c1-2-5-3-4-6;1-6-2-3(4)5/h2-4,6H2,1H3;2H2,1H3,(H,4,5). The number of rotatable bonds is 5. The molecule has 12 heavy (non-hydrogen) atoms. The van der Waals surface area contributed by atoms with Crippen molar-refractivity contribution in [2.24, 2.45) is 0 Å². The summed E-state index contributed by atoms with van der Waals surface area (Å²) in [6.07, 6.45) is 1.05. The van der Waals surface area contributed by atoms with Gasteiger partial charge in [0.1, 0.15) is 6.61 Å². The molecule has 0 bridgehead atoms. The van der Waals surface area contributed by atoms with Crippen molar-refractivity contribution in [3.8, 4) is 0 Å². The van der Waals surface area contributed by atoms with Crippen LogP contribution in [0.2, 0.25) is 0 Å². The Balaban J connectivity index is 0. The lowest BCUT2D eigenvalue weighted by molar-refractivity contribution is -0.141. The molecular formula is C7H17O4P. The van der Waals surface area contributed by atoms with Crippen LogP contribution < -0.4 is 0 Å². The Morgan fingerprint density at radius 2 is 2.17 bits per heavy atom. The number of carboxylic acid groups (broad SMARTS) is 1. The number of hydrogen-bond acceptors (Lipinski definition) is 3. The molecule has 4 nitrogen and oxygen atoms in total. The van der Waals surface area contributed by atoms with Gasteiger partial charge in [0, 0.05) is 20.3 Å². The number of methoxy groups -OCH3 is 1. The van der Waals surface area contributed by atoms with Crippen LogP contribution in [-0.4, -0.2) is 44.2 Å². The normalized spacial score (nSPS) is 8.58. The van der Waals surface area contributed by atoms with Gasteiger partial charge in [0.05, 0.1) is 0 Å². The third kappa shape index (κ3) is 22.6. The topological polar surface area (TPSA) is 55.8 Å². The molecule has 0 spiro atoms. The predicted octanol–water partition coefficient (Wildman–Crippen LogP) is 0.615. The summed E-state index contributed by atoms with van der Waals surface area (Å²) in [5.74, 6) is -0.933. The van der Waals surface area contributed by atoms with Gasteiger partial charge < -0.3 is 14.6 Å². The summed E-state index contributed by atoms with van der Waals surface area (Å²) in [5, 5.41) is 7.79. The van der Waals surface area contributed by atoms with Crippen molar-refractivity contribution >= 4 is 15.2 Å². The van der Waals surface area contributed by atoms with Crippen LogP contribution in [0.1, 0.15) is 6.92 Å². The first-order chi connectivity index (χ1) is 5.68. The van der Waals surface area contributed by atoms with Crippen LogP contribution in [0, 0.1) is 0 Å². The summed E-state index contributed by atoms with van der Waals surface area (Å²) in [5.41, 5.74) is 0. The third-order valence-corrected chi connectivity index (χ3v) is 0.970. The Labute approximate surface area is 75.4 Å². The second-order valence-electron chi connectivity index (χ2n) is 1.81. The van der Waals surface area contributed by atoms with Gasteiger partial charge in [-0.2, -0.15) is 0 Å². The van der Waals surface area contributed by atoms with Crippen molar-refractivity contribution in [3.05, 3.63) is 0 Å². The zero-order valence-corrected chi connectivity index (χ0v) is 8.73. The van der Waals surface area contributed by atoms with E-state index in [-0.39, 0.29) is 6.61 Å². The maximum Gasteiger partial charge on any atom is 0.329 e. The van der Waals surface area contributed by atoms with Crippen LogP contribution in [0.25, 0.3) is 0 Å². The molecular weight excluding hydrogens is 179 g/mol. The molecule has 0 aliphatic carbocycles. The van der Waals surface area contributed by atoms with E-state index >= 15 is 0 Å². The molecule has 1 N–H and O–H groups in total. The number of hydrogen-bond donors (Lipinski definition) is 1. The number of ether oxygens (including phenoxy) is 2. The van der Waals surface area contributed by atoms with E-state index in [4.69, 9.17) is 9.84 Å². The lowest BCUT2D eigenvalue weighted by atomic mass is 10.8. The third-order valence-electron chi connectivity index (χ3n) is 0.734. The van der Waals surface area contributed by atoms with Crippen LogP contribution in [0.4, 0.5) is 0 Å². The van der Waals surface area contributed by atoms with E-state index in [0.717, 1.165) is 19.4 Å². The van der Waals surface area contributed by atoms with Crippen molar-refractivity contribution < 1.29 is 19.4 Å². The zero-order chi connectivity index (χ0) is 9.82. The van der Waals surface area contributed by atoms with Gasteiger partial charge in [-0.3, -0.25) is 0 Å². The van der Waals surface area contributed by atoms with Gasteiger partial charge in [0.25, 0.3) is 0 Å². The lowest BCUT2D eigenvalue weighted by Crippen LogP contribution is -2.02. The number of carboxylic acids is 1. The minimum Gasteiger partial charge on any atom is -0.480 e. The van der Waals surface area contributed by atoms with Crippen LogP contribution in [-0.2, 0) is 14.3 Å². The van der Waals surface area contributed by atoms with Crippen LogP contribution >= 0.6 is 9.24 Å². The van der Waals surface area contributed by atoms with Gasteiger partial charge in [-0.05, 0) is 13.1 Å². The van der Waals surface area contributed by atoms with E-state index < -0.39 is 5.97 Å². The summed E-state index contributed by atoms with van der Waals surface area (Å²) in [6.45, 7) is 3.51. The highest BCUT2D eigenvalue weighted by Gasteiger charge is 1.87. The highest BCUT2D eigenvalue weighted by Crippen LogP contribution is 1.79. The maximum absolute atomic E-state index is 9.47. The van der Waals surface area contributed by atoms with Crippen molar-refractivity contribution in [2.75, 3.05) is 33.1 Å². The first-order valence-electron chi connectivity index (χ1n) is 3.67. The molecule has 0 aromatic heterocycles. The van der Waals surface area contributed by atoms with Crippen molar-refractivity contribution in [1.29, 1.82) is 0 Å². The quantitative estimate of drug-likeness (QED) is 0.517. The van der Waals surface area contributed by atoms with E-state index in [9.17, 15) is 4.79 Å². The Bertz CT molecular complexity index is 93.4. The van der Waals surface area contributed by atoms with Gasteiger partial charge in [-0.25, -0.2) is 4.79 Å². The highest BCUT2D eigenvalue weighted by molar-refractivity contribution is 7.16. The molecule has 1 atom stereocenters. The Morgan fingerprint density at radius 3 is 2.25 bits per heavy atom.